The molecule has 3 rings (SSSR count). The summed E-state index contributed by atoms with van der Waals surface area (Å²) in [6, 6.07) is 8.91. The molecule has 0 radical (unpaired) electrons. The van der Waals surface area contributed by atoms with Gasteiger partial charge in [0.05, 0.1) is 27.9 Å². The van der Waals surface area contributed by atoms with E-state index in [1.54, 1.807) is 25.1 Å². The van der Waals surface area contributed by atoms with E-state index in [4.69, 9.17) is 16.9 Å². The summed E-state index contributed by atoms with van der Waals surface area (Å²) in [6.07, 6.45) is -3.50. The van der Waals surface area contributed by atoms with Crippen molar-refractivity contribution in [2.24, 2.45) is 0 Å². The minimum atomic E-state index is -4.62. The van der Waals surface area contributed by atoms with Crippen LogP contribution in [-0.4, -0.2) is 15.3 Å². The smallest absolute Gasteiger partial charge is 0.321 e. The fraction of sp³-hybridized carbons (Fsp3) is 0.167. The Balaban J connectivity index is 2.12. The largest absolute Gasteiger partial charge is 0.417 e. The van der Waals surface area contributed by atoms with Gasteiger partial charge in [-0.2, -0.15) is 18.4 Å². The standard InChI is InChI=1S/C18H12ClF3N4O/c1-2-14-15(17(27)24-12-5-3-4-10(6-12)8-23)26-9-11(18(20,21)22)7-13(19)16(26)25-14/h3-7,9H,2H2,1H3,(H,24,27). The molecular weight excluding hydrogens is 381 g/mol. The lowest BCUT2D eigenvalue weighted by molar-refractivity contribution is -0.137. The van der Waals surface area contributed by atoms with Gasteiger partial charge in [0.2, 0.25) is 0 Å². The van der Waals surface area contributed by atoms with Crippen molar-refractivity contribution in [1.82, 2.24) is 9.38 Å². The zero-order chi connectivity index (χ0) is 19.8. The molecular formula is C18H12ClF3N4O. The molecule has 0 aliphatic carbocycles. The van der Waals surface area contributed by atoms with Gasteiger partial charge in [-0.05, 0) is 30.7 Å². The number of pyridine rings is 1. The van der Waals surface area contributed by atoms with Gasteiger partial charge in [-0.25, -0.2) is 4.98 Å². The van der Waals surface area contributed by atoms with Crippen LogP contribution in [0.2, 0.25) is 5.02 Å². The summed E-state index contributed by atoms with van der Waals surface area (Å²) in [7, 11) is 0. The molecule has 0 aliphatic heterocycles. The van der Waals surface area contributed by atoms with Crippen molar-refractivity contribution in [2.45, 2.75) is 19.5 Å². The molecule has 1 amide bonds. The van der Waals surface area contributed by atoms with E-state index in [0.717, 1.165) is 16.7 Å². The zero-order valence-electron chi connectivity index (χ0n) is 13.9. The lowest BCUT2D eigenvalue weighted by atomic mass is 10.2. The molecule has 0 atom stereocenters. The molecule has 1 aromatic carbocycles. The van der Waals surface area contributed by atoms with Gasteiger partial charge in [0, 0.05) is 11.9 Å². The van der Waals surface area contributed by atoms with Crippen LogP contribution in [0.1, 0.15) is 34.2 Å². The molecule has 0 saturated carbocycles. The Kier molecular flexibility index (Phi) is 4.81. The number of hydrogen-bond donors (Lipinski definition) is 1. The van der Waals surface area contributed by atoms with Gasteiger partial charge in [0.25, 0.3) is 5.91 Å². The SMILES string of the molecule is CCc1nc2c(Cl)cc(C(F)(F)F)cn2c1C(=O)Nc1cccc(C#N)c1. The number of rotatable bonds is 3. The average molecular weight is 393 g/mol. The van der Waals surface area contributed by atoms with Crippen molar-refractivity contribution in [3.63, 3.8) is 0 Å². The predicted octanol–water partition coefficient (Wildman–Crippen LogP) is 4.69. The number of nitrogens with zero attached hydrogens (tertiary/aromatic N) is 3. The molecule has 1 N–H and O–H groups in total. The van der Waals surface area contributed by atoms with Gasteiger partial charge in [0.15, 0.2) is 5.65 Å². The van der Waals surface area contributed by atoms with Crippen LogP contribution in [0.15, 0.2) is 36.5 Å². The van der Waals surface area contributed by atoms with Crippen LogP contribution in [0, 0.1) is 11.3 Å². The van der Waals surface area contributed by atoms with Crippen molar-refractivity contribution in [3.8, 4) is 6.07 Å². The second-order valence-electron chi connectivity index (χ2n) is 5.68. The van der Waals surface area contributed by atoms with Crippen molar-refractivity contribution in [1.29, 1.82) is 5.26 Å². The Morgan fingerprint density at radius 1 is 1.37 bits per heavy atom. The maximum absolute atomic E-state index is 13.1. The first-order chi connectivity index (χ1) is 12.7. The van der Waals surface area contributed by atoms with Crippen LogP contribution in [0.4, 0.5) is 18.9 Å². The van der Waals surface area contributed by atoms with Crippen LogP contribution < -0.4 is 5.32 Å². The number of amides is 1. The summed E-state index contributed by atoms with van der Waals surface area (Å²) in [5, 5.41) is 11.3. The average Bonchev–Trinajstić information content (AvgIpc) is 3.00. The number of carbonyl (C=O) groups excluding carboxylic acids is 1. The number of nitrogens with one attached hydrogen (secondary N) is 1. The highest BCUT2D eigenvalue weighted by molar-refractivity contribution is 6.33. The van der Waals surface area contributed by atoms with Crippen LogP contribution in [0.25, 0.3) is 5.65 Å². The number of hydrogen-bond acceptors (Lipinski definition) is 3. The van der Waals surface area contributed by atoms with Gasteiger partial charge < -0.3 is 5.32 Å². The predicted molar refractivity (Wildman–Crippen MR) is 93.7 cm³/mol. The van der Waals surface area contributed by atoms with Gasteiger partial charge in [-0.1, -0.05) is 24.6 Å². The van der Waals surface area contributed by atoms with Gasteiger partial charge in [-0.15, -0.1) is 0 Å². The van der Waals surface area contributed by atoms with E-state index < -0.39 is 17.6 Å². The van der Waals surface area contributed by atoms with E-state index in [1.807, 2.05) is 6.07 Å². The molecule has 0 spiro atoms. The summed E-state index contributed by atoms with van der Waals surface area (Å²) in [4.78, 5) is 17.0. The molecule has 0 aliphatic rings. The van der Waals surface area contributed by atoms with Crippen LogP contribution >= 0.6 is 11.6 Å². The zero-order valence-corrected chi connectivity index (χ0v) is 14.7. The number of nitriles is 1. The molecule has 27 heavy (non-hydrogen) atoms. The maximum Gasteiger partial charge on any atom is 0.417 e. The van der Waals surface area contributed by atoms with Crippen molar-refractivity contribution >= 4 is 28.8 Å². The van der Waals surface area contributed by atoms with E-state index in [-0.39, 0.29) is 16.4 Å². The van der Waals surface area contributed by atoms with Crippen LogP contribution in [0.5, 0.6) is 0 Å². The molecule has 0 saturated heterocycles. The van der Waals surface area contributed by atoms with E-state index in [2.05, 4.69) is 10.3 Å². The Morgan fingerprint density at radius 2 is 2.11 bits per heavy atom. The lowest BCUT2D eigenvalue weighted by Crippen LogP contribution is -2.17. The lowest BCUT2D eigenvalue weighted by Gasteiger charge is -2.10. The Morgan fingerprint density at radius 3 is 2.74 bits per heavy atom. The number of anilines is 1. The molecule has 2 aromatic heterocycles. The highest BCUT2D eigenvalue weighted by Gasteiger charge is 2.33. The molecule has 5 nitrogen and oxygen atoms in total. The third kappa shape index (κ3) is 3.59. The number of imidazole rings is 1. The highest BCUT2D eigenvalue weighted by Crippen LogP contribution is 2.33. The van der Waals surface area contributed by atoms with Gasteiger partial charge in [-0.3, -0.25) is 9.20 Å². The number of aryl methyl sites for hydroxylation is 1. The number of fused-ring (bicyclic) bond motifs is 1. The Labute approximate surface area is 157 Å². The number of alkyl halides is 3. The summed E-state index contributed by atoms with van der Waals surface area (Å²) in [5.41, 5.74) is 0.0317. The number of halogens is 4. The van der Waals surface area contributed by atoms with Crippen molar-refractivity contribution < 1.29 is 18.0 Å². The first-order valence-corrected chi connectivity index (χ1v) is 8.21. The second kappa shape index (κ2) is 6.93. The van der Waals surface area contributed by atoms with Crippen molar-refractivity contribution in [2.75, 3.05) is 5.32 Å². The quantitative estimate of drug-likeness (QED) is 0.702. The fourth-order valence-corrected chi connectivity index (χ4v) is 2.90. The molecule has 0 fully saturated rings. The Bertz CT molecular complexity index is 1080. The normalized spacial score (nSPS) is 11.4. The molecule has 9 heteroatoms. The minimum absolute atomic E-state index is 0.0390. The molecule has 3 aromatic rings. The molecule has 138 valence electrons. The first-order valence-electron chi connectivity index (χ1n) is 7.83. The van der Waals surface area contributed by atoms with E-state index in [0.29, 0.717) is 23.4 Å². The van der Waals surface area contributed by atoms with Crippen molar-refractivity contribution in [3.05, 3.63) is 64.1 Å². The maximum atomic E-state index is 13.1. The van der Waals surface area contributed by atoms with E-state index in [1.165, 1.54) is 6.07 Å². The number of benzene rings is 1. The summed E-state index contributed by atoms with van der Waals surface area (Å²) in [6.45, 7) is 1.73. The second-order valence-corrected chi connectivity index (χ2v) is 6.08. The van der Waals surface area contributed by atoms with E-state index in [9.17, 15) is 18.0 Å². The van der Waals surface area contributed by atoms with Crippen LogP contribution in [-0.2, 0) is 12.6 Å². The highest BCUT2D eigenvalue weighted by atomic mass is 35.5. The minimum Gasteiger partial charge on any atom is -0.321 e. The third-order valence-electron chi connectivity index (χ3n) is 3.87. The first kappa shape index (κ1) is 18.7. The molecule has 2 heterocycles. The Hall–Kier alpha value is -3.05. The van der Waals surface area contributed by atoms with E-state index >= 15 is 0 Å². The molecule has 0 bridgehead atoms. The van der Waals surface area contributed by atoms with Gasteiger partial charge in [0.1, 0.15) is 5.69 Å². The van der Waals surface area contributed by atoms with Gasteiger partial charge >= 0.3 is 6.18 Å². The third-order valence-corrected chi connectivity index (χ3v) is 4.15. The summed E-state index contributed by atoms with van der Waals surface area (Å²) < 4.78 is 40.4. The summed E-state index contributed by atoms with van der Waals surface area (Å²) in [5.74, 6) is -0.648. The monoisotopic (exact) mass is 392 g/mol. The molecule has 0 unspecified atom stereocenters. The topological polar surface area (TPSA) is 70.2 Å². The number of carbonyl (C=O) groups is 1. The summed E-state index contributed by atoms with van der Waals surface area (Å²) >= 11 is 5.96. The fourth-order valence-electron chi connectivity index (χ4n) is 2.65. The van der Waals surface area contributed by atoms with Crippen LogP contribution in [0.3, 0.4) is 0 Å². The number of aromatic nitrogens is 2.